The summed E-state index contributed by atoms with van der Waals surface area (Å²) in [6.45, 7) is 3.27. The van der Waals surface area contributed by atoms with Crippen LogP contribution in [0.15, 0.2) is 24.3 Å². The SMILES string of the molecule is CCOc1ccc(C(=O)CCCc2ccc(C3CCC(C)CC3)c(F)c2F)c(O)c1CF. The highest BCUT2D eigenvalue weighted by Crippen LogP contribution is 2.38. The molecular weight excluding hydrogens is 417 g/mol. The number of ether oxygens (including phenoxy) is 1. The van der Waals surface area contributed by atoms with E-state index in [1.54, 1.807) is 19.1 Å². The molecule has 0 aromatic heterocycles. The summed E-state index contributed by atoms with van der Waals surface area (Å²) in [5.41, 5.74) is 0.643. The molecule has 0 radical (unpaired) electrons. The summed E-state index contributed by atoms with van der Waals surface area (Å²) in [4.78, 5) is 12.5. The fourth-order valence-corrected chi connectivity index (χ4v) is 4.52. The first-order valence-corrected chi connectivity index (χ1v) is 11.4. The molecule has 2 aromatic carbocycles. The van der Waals surface area contributed by atoms with Crippen molar-refractivity contribution in [3.63, 3.8) is 0 Å². The van der Waals surface area contributed by atoms with E-state index < -0.39 is 24.1 Å². The molecule has 6 heteroatoms. The number of aryl methyl sites for hydroxylation is 1. The maximum Gasteiger partial charge on any atom is 0.166 e. The van der Waals surface area contributed by atoms with Crippen LogP contribution in [0.2, 0.25) is 0 Å². The molecule has 0 amide bonds. The number of halogens is 3. The molecular formula is C26H31F3O3. The van der Waals surface area contributed by atoms with Crippen molar-refractivity contribution in [2.45, 2.75) is 71.4 Å². The van der Waals surface area contributed by atoms with E-state index in [-0.39, 0.29) is 53.4 Å². The second-order valence-electron chi connectivity index (χ2n) is 8.68. The first kappa shape index (κ1) is 24.1. The molecule has 0 saturated heterocycles. The number of Topliss-reactive ketones (excluding diaryl/α,β-unsaturated/α-hetero) is 1. The third kappa shape index (κ3) is 5.28. The van der Waals surface area contributed by atoms with Gasteiger partial charge in [-0.25, -0.2) is 13.2 Å². The minimum absolute atomic E-state index is 0.00892. The molecule has 0 spiro atoms. The molecule has 0 aliphatic heterocycles. The van der Waals surface area contributed by atoms with Crippen molar-refractivity contribution < 1.29 is 27.8 Å². The zero-order chi connectivity index (χ0) is 23.3. The van der Waals surface area contributed by atoms with Crippen LogP contribution in [0.3, 0.4) is 0 Å². The van der Waals surface area contributed by atoms with Gasteiger partial charge in [-0.1, -0.05) is 31.9 Å². The van der Waals surface area contributed by atoms with Crippen molar-refractivity contribution in [2.75, 3.05) is 6.61 Å². The van der Waals surface area contributed by atoms with Crippen LogP contribution in [0.25, 0.3) is 0 Å². The van der Waals surface area contributed by atoms with E-state index in [4.69, 9.17) is 4.74 Å². The van der Waals surface area contributed by atoms with Crippen LogP contribution >= 0.6 is 0 Å². The average molecular weight is 449 g/mol. The number of phenolic OH excluding ortho intramolecular Hbond substituents is 1. The summed E-state index contributed by atoms with van der Waals surface area (Å²) in [7, 11) is 0. The summed E-state index contributed by atoms with van der Waals surface area (Å²) in [6.07, 6.45) is 4.31. The van der Waals surface area contributed by atoms with E-state index in [1.165, 1.54) is 12.1 Å². The van der Waals surface area contributed by atoms with Crippen LogP contribution in [0.4, 0.5) is 13.2 Å². The van der Waals surface area contributed by atoms with Crippen molar-refractivity contribution >= 4 is 5.78 Å². The maximum atomic E-state index is 14.7. The minimum Gasteiger partial charge on any atom is -0.507 e. The number of carbonyl (C=O) groups excluding carboxylic acids is 1. The normalized spacial score (nSPS) is 18.5. The summed E-state index contributed by atoms with van der Waals surface area (Å²) in [5, 5.41) is 10.3. The smallest absolute Gasteiger partial charge is 0.166 e. The highest BCUT2D eigenvalue weighted by Gasteiger charge is 2.25. The van der Waals surface area contributed by atoms with E-state index in [1.807, 2.05) is 0 Å². The fourth-order valence-electron chi connectivity index (χ4n) is 4.52. The predicted octanol–water partition coefficient (Wildman–Crippen LogP) is 7.04. The van der Waals surface area contributed by atoms with Gasteiger partial charge in [-0.15, -0.1) is 0 Å². The number of ketones is 1. The lowest BCUT2D eigenvalue weighted by Crippen LogP contribution is -2.13. The van der Waals surface area contributed by atoms with Crippen LogP contribution in [0.5, 0.6) is 11.5 Å². The molecule has 2 aromatic rings. The monoisotopic (exact) mass is 448 g/mol. The van der Waals surface area contributed by atoms with E-state index in [9.17, 15) is 23.1 Å². The molecule has 1 N–H and O–H groups in total. The van der Waals surface area contributed by atoms with Crippen molar-refractivity contribution in [1.29, 1.82) is 0 Å². The first-order chi connectivity index (χ1) is 15.4. The van der Waals surface area contributed by atoms with Gasteiger partial charge in [0.25, 0.3) is 0 Å². The highest BCUT2D eigenvalue weighted by molar-refractivity contribution is 5.99. The number of rotatable bonds is 9. The van der Waals surface area contributed by atoms with E-state index in [2.05, 4.69) is 6.92 Å². The molecule has 32 heavy (non-hydrogen) atoms. The van der Waals surface area contributed by atoms with Crippen molar-refractivity contribution in [3.05, 3.63) is 58.2 Å². The number of hydrogen-bond donors (Lipinski definition) is 1. The van der Waals surface area contributed by atoms with E-state index in [0.29, 0.717) is 18.1 Å². The van der Waals surface area contributed by atoms with Gasteiger partial charge in [0.05, 0.1) is 17.7 Å². The Kier molecular flexibility index (Phi) is 8.21. The van der Waals surface area contributed by atoms with Gasteiger partial charge in [0, 0.05) is 6.42 Å². The Balaban J connectivity index is 1.64. The molecule has 0 bridgehead atoms. The third-order valence-corrected chi connectivity index (χ3v) is 6.47. The highest BCUT2D eigenvalue weighted by atomic mass is 19.2. The van der Waals surface area contributed by atoms with Gasteiger partial charge in [-0.05, 0) is 67.7 Å². The standard InChI is InChI=1S/C26H31F3O3/c1-3-32-23-14-13-20(26(31)21(23)15-27)22(30)6-4-5-18-11-12-19(25(29)24(18)28)17-9-7-16(2)8-10-17/h11-14,16-17,31H,3-10,15H2,1-2H3. The van der Waals surface area contributed by atoms with Gasteiger partial charge in [-0.3, -0.25) is 4.79 Å². The van der Waals surface area contributed by atoms with Gasteiger partial charge in [0.15, 0.2) is 17.4 Å². The maximum absolute atomic E-state index is 14.7. The van der Waals surface area contributed by atoms with E-state index >= 15 is 0 Å². The fraction of sp³-hybridized carbons (Fsp3) is 0.500. The molecule has 0 atom stereocenters. The topological polar surface area (TPSA) is 46.5 Å². The summed E-state index contributed by atoms with van der Waals surface area (Å²) >= 11 is 0. The second kappa shape index (κ2) is 10.9. The van der Waals surface area contributed by atoms with Gasteiger partial charge in [-0.2, -0.15) is 0 Å². The number of phenols is 1. The predicted molar refractivity (Wildman–Crippen MR) is 118 cm³/mol. The van der Waals surface area contributed by atoms with Gasteiger partial charge in [0.1, 0.15) is 18.2 Å². The molecule has 0 unspecified atom stereocenters. The summed E-state index contributed by atoms with van der Waals surface area (Å²) in [6, 6.07) is 6.17. The Bertz CT molecular complexity index is 950. The van der Waals surface area contributed by atoms with Crippen molar-refractivity contribution in [2.24, 2.45) is 5.92 Å². The van der Waals surface area contributed by atoms with E-state index in [0.717, 1.165) is 25.7 Å². The Hall–Kier alpha value is -2.50. The number of aromatic hydroxyl groups is 1. The van der Waals surface area contributed by atoms with Crippen LogP contribution in [-0.4, -0.2) is 17.5 Å². The summed E-state index contributed by atoms with van der Waals surface area (Å²) in [5.74, 6) is -1.52. The van der Waals surface area contributed by atoms with Crippen molar-refractivity contribution in [1.82, 2.24) is 0 Å². The Labute approximate surface area is 187 Å². The molecule has 1 fully saturated rings. The number of hydrogen-bond acceptors (Lipinski definition) is 3. The first-order valence-electron chi connectivity index (χ1n) is 11.4. The quantitative estimate of drug-likeness (QED) is 0.419. The zero-order valence-corrected chi connectivity index (χ0v) is 18.7. The largest absolute Gasteiger partial charge is 0.507 e. The van der Waals surface area contributed by atoms with Crippen LogP contribution in [0, 0.1) is 17.6 Å². The lowest BCUT2D eigenvalue weighted by molar-refractivity contribution is 0.0977. The molecule has 3 nitrogen and oxygen atoms in total. The van der Waals surface area contributed by atoms with Crippen molar-refractivity contribution in [3.8, 4) is 11.5 Å². The van der Waals surface area contributed by atoms with Gasteiger partial charge in [0.2, 0.25) is 0 Å². The molecule has 1 saturated carbocycles. The van der Waals surface area contributed by atoms with Gasteiger partial charge >= 0.3 is 0 Å². The number of benzene rings is 2. The molecule has 174 valence electrons. The Morgan fingerprint density at radius 2 is 1.81 bits per heavy atom. The molecule has 0 heterocycles. The average Bonchev–Trinajstić information content (AvgIpc) is 2.78. The Morgan fingerprint density at radius 1 is 1.09 bits per heavy atom. The molecule has 1 aliphatic rings. The molecule has 1 aliphatic carbocycles. The lowest BCUT2D eigenvalue weighted by atomic mass is 9.79. The summed E-state index contributed by atoms with van der Waals surface area (Å²) < 4.78 is 48.0. The second-order valence-corrected chi connectivity index (χ2v) is 8.68. The van der Waals surface area contributed by atoms with Gasteiger partial charge < -0.3 is 9.84 Å². The van der Waals surface area contributed by atoms with Crippen LogP contribution in [-0.2, 0) is 13.1 Å². The minimum atomic E-state index is -0.959. The number of carbonyl (C=O) groups is 1. The lowest BCUT2D eigenvalue weighted by Gasteiger charge is -2.27. The molecule has 3 rings (SSSR count). The zero-order valence-electron chi connectivity index (χ0n) is 18.7. The van der Waals surface area contributed by atoms with Crippen LogP contribution in [0.1, 0.15) is 85.3 Å². The third-order valence-electron chi connectivity index (χ3n) is 6.47. The number of alkyl halides is 1. The Morgan fingerprint density at radius 3 is 2.47 bits per heavy atom. The van der Waals surface area contributed by atoms with Crippen LogP contribution < -0.4 is 4.74 Å².